The lowest BCUT2D eigenvalue weighted by Gasteiger charge is -2.13. The van der Waals surface area contributed by atoms with E-state index < -0.39 is 0 Å². The quantitative estimate of drug-likeness (QED) is 0.327. The van der Waals surface area contributed by atoms with Crippen molar-refractivity contribution in [3.63, 3.8) is 0 Å². The van der Waals surface area contributed by atoms with Crippen LogP contribution in [0.5, 0.6) is 0 Å². The minimum absolute atomic E-state index is 0.665. The number of rotatable bonds is 10. The first-order valence-corrected chi connectivity index (χ1v) is 12.8. The standard InChI is InChI=1S/C28H36N6/c1-22(2)14-18-33-21-25(20-29-33)26-8-5-9-28-30-27(31-34(26)28)19-24-12-10-23(11-13-24)7-6-17-32-15-3-4-16-32/h5,8-13,20-22H,3-4,6-7,14-19H2,1-2H3. The third-order valence-electron chi connectivity index (χ3n) is 6.79. The average Bonchev–Trinajstić information content (AvgIpc) is 3.59. The van der Waals surface area contributed by atoms with Crippen molar-refractivity contribution >= 4 is 5.65 Å². The fourth-order valence-corrected chi connectivity index (χ4v) is 4.77. The van der Waals surface area contributed by atoms with Gasteiger partial charge < -0.3 is 4.90 Å². The Hall–Kier alpha value is -2.99. The maximum atomic E-state index is 4.85. The topological polar surface area (TPSA) is 51.2 Å². The smallest absolute Gasteiger partial charge is 0.156 e. The number of pyridine rings is 1. The Kier molecular flexibility index (Phi) is 7.05. The van der Waals surface area contributed by atoms with Gasteiger partial charge in [0.15, 0.2) is 11.5 Å². The van der Waals surface area contributed by atoms with E-state index in [-0.39, 0.29) is 0 Å². The van der Waals surface area contributed by atoms with Crippen LogP contribution in [0.2, 0.25) is 0 Å². The van der Waals surface area contributed by atoms with E-state index >= 15 is 0 Å². The van der Waals surface area contributed by atoms with Crippen molar-refractivity contribution in [2.24, 2.45) is 5.92 Å². The molecule has 4 heterocycles. The molecule has 1 aliphatic rings. The van der Waals surface area contributed by atoms with E-state index in [1.807, 2.05) is 27.5 Å². The van der Waals surface area contributed by atoms with Crippen molar-refractivity contribution in [3.05, 3.63) is 71.8 Å². The summed E-state index contributed by atoms with van der Waals surface area (Å²) in [6.45, 7) is 9.22. The van der Waals surface area contributed by atoms with Crippen molar-refractivity contribution in [1.82, 2.24) is 29.3 Å². The number of hydrogen-bond donors (Lipinski definition) is 0. The zero-order chi connectivity index (χ0) is 23.3. The third-order valence-corrected chi connectivity index (χ3v) is 6.79. The summed E-state index contributed by atoms with van der Waals surface area (Å²) in [5.41, 5.74) is 5.65. The molecule has 178 valence electrons. The highest BCUT2D eigenvalue weighted by molar-refractivity contribution is 5.61. The van der Waals surface area contributed by atoms with Crippen molar-refractivity contribution in [2.45, 2.75) is 58.9 Å². The number of nitrogens with zero attached hydrogens (tertiary/aromatic N) is 6. The van der Waals surface area contributed by atoms with Crippen LogP contribution in [0.3, 0.4) is 0 Å². The van der Waals surface area contributed by atoms with Gasteiger partial charge in [-0.25, -0.2) is 9.50 Å². The molecule has 1 saturated heterocycles. The van der Waals surface area contributed by atoms with Gasteiger partial charge in [-0.3, -0.25) is 4.68 Å². The van der Waals surface area contributed by atoms with E-state index in [0.717, 1.165) is 48.5 Å². The second kappa shape index (κ2) is 10.5. The number of hydrogen-bond acceptors (Lipinski definition) is 4. The Labute approximate surface area is 202 Å². The summed E-state index contributed by atoms with van der Waals surface area (Å²) in [6.07, 6.45) is 11.0. The third kappa shape index (κ3) is 5.55. The monoisotopic (exact) mass is 456 g/mol. The highest BCUT2D eigenvalue weighted by atomic mass is 15.3. The number of aromatic nitrogens is 5. The largest absolute Gasteiger partial charge is 0.303 e. The van der Waals surface area contributed by atoms with E-state index in [1.54, 1.807) is 0 Å². The van der Waals surface area contributed by atoms with Crippen LogP contribution >= 0.6 is 0 Å². The predicted molar refractivity (Wildman–Crippen MR) is 137 cm³/mol. The summed E-state index contributed by atoms with van der Waals surface area (Å²) >= 11 is 0. The second-order valence-corrected chi connectivity index (χ2v) is 10.0. The molecule has 6 heteroatoms. The van der Waals surface area contributed by atoms with Crippen LogP contribution in [0.15, 0.2) is 54.9 Å². The van der Waals surface area contributed by atoms with Crippen molar-refractivity contribution in [1.29, 1.82) is 0 Å². The zero-order valence-corrected chi connectivity index (χ0v) is 20.5. The van der Waals surface area contributed by atoms with Crippen LogP contribution < -0.4 is 0 Å². The molecule has 0 amide bonds. The first-order valence-electron chi connectivity index (χ1n) is 12.8. The van der Waals surface area contributed by atoms with E-state index in [4.69, 9.17) is 10.1 Å². The van der Waals surface area contributed by atoms with Crippen LogP contribution in [0.4, 0.5) is 0 Å². The van der Waals surface area contributed by atoms with Gasteiger partial charge in [-0.05, 0) is 80.9 Å². The molecule has 1 aromatic carbocycles. The molecule has 0 unspecified atom stereocenters. The van der Waals surface area contributed by atoms with Gasteiger partial charge in [0.25, 0.3) is 0 Å². The van der Waals surface area contributed by atoms with Crippen molar-refractivity contribution < 1.29 is 0 Å². The van der Waals surface area contributed by atoms with Crippen LogP contribution in [-0.4, -0.2) is 48.9 Å². The molecule has 0 atom stereocenters. The summed E-state index contributed by atoms with van der Waals surface area (Å²) in [6, 6.07) is 15.2. The number of fused-ring (bicyclic) bond motifs is 1. The first kappa shape index (κ1) is 22.8. The highest BCUT2D eigenvalue weighted by Gasteiger charge is 2.12. The minimum atomic E-state index is 0.665. The molecule has 1 aliphatic heterocycles. The predicted octanol–water partition coefficient (Wildman–Crippen LogP) is 5.26. The minimum Gasteiger partial charge on any atom is -0.303 e. The van der Waals surface area contributed by atoms with E-state index in [2.05, 4.69) is 60.4 Å². The van der Waals surface area contributed by atoms with Gasteiger partial charge in [0.1, 0.15) is 0 Å². The molecule has 0 N–H and O–H groups in total. The Morgan fingerprint density at radius 1 is 0.941 bits per heavy atom. The number of benzene rings is 1. The normalized spacial score (nSPS) is 14.6. The molecule has 0 bridgehead atoms. The lowest BCUT2D eigenvalue weighted by Crippen LogP contribution is -2.20. The average molecular weight is 457 g/mol. The highest BCUT2D eigenvalue weighted by Crippen LogP contribution is 2.21. The molecular formula is C28H36N6. The number of aryl methyl sites for hydroxylation is 2. The van der Waals surface area contributed by atoms with Crippen LogP contribution in [0.1, 0.15) is 56.5 Å². The lowest BCUT2D eigenvalue weighted by atomic mass is 10.1. The molecule has 34 heavy (non-hydrogen) atoms. The lowest BCUT2D eigenvalue weighted by molar-refractivity contribution is 0.334. The Morgan fingerprint density at radius 3 is 2.53 bits per heavy atom. The fraction of sp³-hybridized carbons (Fsp3) is 0.464. The van der Waals surface area contributed by atoms with Gasteiger partial charge in [-0.1, -0.05) is 44.2 Å². The molecule has 1 fully saturated rings. The van der Waals surface area contributed by atoms with Gasteiger partial charge in [-0.2, -0.15) is 10.2 Å². The second-order valence-electron chi connectivity index (χ2n) is 10.0. The van der Waals surface area contributed by atoms with E-state index in [1.165, 1.54) is 50.0 Å². The maximum absolute atomic E-state index is 4.85. The summed E-state index contributed by atoms with van der Waals surface area (Å²) in [4.78, 5) is 7.39. The number of likely N-dealkylation sites (tertiary alicyclic amines) is 1. The molecule has 0 radical (unpaired) electrons. The van der Waals surface area contributed by atoms with Gasteiger partial charge in [0.2, 0.25) is 0 Å². The van der Waals surface area contributed by atoms with Crippen molar-refractivity contribution in [3.8, 4) is 11.3 Å². The molecule has 3 aromatic heterocycles. The molecule has 0 spiro atoms. The molecule has 4 aromatic rings. The van der Waals surface area contributed by atoms with Crippen LogP contribution in [0.25, 0.3) is 16.9 Å². The summed E-state index contributed by atoms with van der Waals surface area (Å²) in [5.74, 6) is 1.51. The molecule has 6 nitrogen and oxygen atoms in total. The van der Waals surface area contributed by atoms with Gasteiger partial charge in [-0.15, -0.1) is 0 Å². The molecule has 5 rings (SSSR count). The van der Waals surface area contributed by atoms with E-state index in [0.29, 0.717) is 5.92 Å². The SMILES string of the molecule is CC(C)CCn1cc(-c2cccc3nc(Cc4ccc(CCCN5CCCC5)cc4)nn23)cn1. The van der Waals surface area contributed by atoms with Crippen LogP contribution in [0, 0.1) is 5.92 Å². The Bertz CT molecular complexity index is 1200. The van der Waals surface area contributed by atoms with Crippen molar-refractivity contribution in [2.75, 3.05) is 19.6 Å². The zero-order valence-electron chi connectivity index (χ0n) is 20.5. The Morgan fingerprint density at radius 2 is 1.74 bits per heavy atom. The summed E-state index contributed by atoms with van der Waals surface area (Å²) in [5, 5.41) is 9.40. The van der Waals surface area contributed by atoms with Gasteiger partial charge in [0.05, 0.1) is 11.9 Å². The molecular weight excluding hydrogens is 420 g/mol. The first-order chi connectivity index (χ1) is 16.6. The van der Waals surface area contributed by atoms with Gasteiger partial charge in [0, 0.05) is 24.7 Å². The molecule has 0 saturated carbocycles. The van der Waals surface area contributed by atoms with Gasteiger partial charge >= 0.3 is 0 Å². The summed E-state index contributed by atoms with van der Waals surface area (Å²) < 4.78 is 3.98. The van der Waals surface area contributed by atoms with E-state index in [9.17, 15) is 0 Å². The maximum Gasteiger partial charge on any atom is 0.156 e. The summed E-state index contributed by atoms with van der Waals surface area (Å²) in [7, 11) is 0. The van der Waals surface area contributed by atoms with Crippen LogP contribution in [-0.2, 0) is 19.4 Å². The Balaban J connectivity index is 1.24. The molecule has 0 aliphatic carbocycles. The fourth-order valence-electron chi connectivity index (χ4n) is 4.77.